The Labute approximate surface area is 84.6 Å². The van der Waals surface area contributed by atoms with Crippen molar-refractivity contribution in [2.75, 3.05) is 7.05 Å². The molecule has 0 saturated carbocycles. The number of carbonyl (C=O) groups is 1. The SMILES string of the molecule is C/C=C/C[C@@H](C)[C@H](O)[C@H](NC)C(=O)O. The fourth-order valence-electron chi connectivity index (χ4n) is 1.26. The molecule has 0 unspecified atom stereocenters. The van der Waals surface area contributed by atoms with Gasteiger partial charge in [0.05, 0.1) is 6.10 Å². The lowest BCUT2D eigenvalue weighted by molar-refractivity contribution is -0.143. The maximum Gasteiger partial charge on any atom is 0.323 e. The fraction of sp³-hybridized carbons (Fsp3) is 0.700. The molecule has 0 fully saturated rings. The zero-order valence-corrected chi connectivity index (χ0v) is 8.90. The van der Waals surface area contributed by atoms with Gasteiger partial charge in [0, 0.05) is 0 Å². The van der Waals surface area contributed by atoms with Crippen molar-refractivity contribution in [3.8, 4) is 0 Å². The quantitative estimate of drug-likeness (QED) is 0.551. The molecule has 0 rings (SSSR count). The molecule has 0 amide bonds. The Bertz CT molecular complexity index is 204. The topological polar surface area (TPSA) is 69.6 Å². The first-order chi connectivity index (χ1) is 6.54. The monoisotopic (exact) mass is 201 g/mol. The third-order valence-corrected chi connectivity index (χ3v) is 2.25. The van der Waals surface area contributed by atoms with Gasteiger partial charge in [0.2, 0.25) is 0 Å². The zero-order valence-electron chi connectivity index (χ0n) is 8.90. The first kappa shape index (κ1) is 13.1. The maximum atomic E-state index is 10.7. The second-order valence-electron chi connectivity index (χ2n) is 3.38. The molecule has 82 valence electrons. The highest BCUT2D eigenvalue weighted by atomic mass is 16.4. The molecule has 0 heterocycles. The van der Waals surface area contributed by atoms with Crippen LogP contribution in [-0.2, 0) is 4.79 Å². The molecule has 0 radical (unpaired) electrons. The maximum absolute atomic E-state index is 10.7. The Hall–Kier alpha value is -0.870. The number of carboxylic acid groups (broad SMARTS) is 1. The second-order valence-corrected chi connectivity index (χ2v) is 3.38. The van der Waals surface area contributed by atoms with Crippen LogP contribution in [0.5, 0.6) is 0 Å². The van der Waals surface area contributed by atoms with E-state index in [1.54, 1.807) is 0 Å². The Kier molecular flexibility index (Phi) is 6.16. The minimum atomic E-state index is -1.02. The molecule has 0 aliphatic rings. The average molecular weight is 201 g/mol. The van der Waals surface area contributed by atoms with Gasteiger partial charge in [-0.05, 0) is 26.3 Å². The zero-order chi connectivity index (χ0) is 11.1. The molecule has 4 nitrogen and oxygen atoms in total. The number of aliphatic hydroxyl groups excluding tert-OH is 1. The summed E-state index contributed by atoms with van der Waals surface area (Å²) in [5.74, 6) is -1.09. The molecule has 3 N–H and O–H groups in total. The highest BCUT2D eigenvalue weighted by Crippen LogP contribution is 2.12. The summed E-state index contributed by atoms with van der Waals surface area (Å²) in [6, 6.07) is -0.893. The molecule has 0 aromatic carbocycles. The van der Waals surface area contributed by atoms with Crippen molar-refractivity contribution in [3.05, 3.63) is 12.2 Å². The number of nitrogens with one attached hydrogen (secondary N) is 1. The Morgan fingerprint density at radius 3 is 2.50 bits per heavy atom. The van der Waals surface area contributed by atoms with E-state index in [2.05, 4.69) is 5.32 Å². The van der Waals surface area contributed by atoms with Crippen LogP contribution in [0.25, 0.3) is 0 Å². The lowest BCUT2D eigenvalue weighted by atomic mass is 9.95. The molecular weight excluding hydrogens is 182 g/mol. The number of hydrogen-bond donors (Lipinski definition) is 3. The smallest absolute Gasteiger partial charge is 0.323 e. The van der Waals surface area contributed by atoms with Crippen molar-refractivity contribution in [1.29, 1.82) is 0 Å². The number of aliphatic hydroxyl groups is 1. The van der Waals surface area contributed by atoms with E-state index in [9.17, 15) is 9.90 Å². The van der Waals surface area contributed by atoms with Crippen molar-refractivity contribution in [2.45, 2.75) is 32.4 Å². The molecule has 14 heavy (non-hydrogen) atoms. The normalized spacial score (nSPS) is 18.0. The van der Waals surface area contributed by atoms with Crippen LogP contribution >= 0.6 is 0 Å². The molecule has 0 aliphatic carbocycles. The van der Waals surface area contributed by atoms with Gasteiger partial charge in [-0.3, -0.25) is 4.79 Å². The van der Waals surface area contributed by atoms with Gasteiger partial charge in [-0.1, -0.05) is 19.1 Å². The average Bonchev–Trinajstić information content (AvgIpc) is 2.14. The van der Waals surface area contributed by atoms with Crippen molar-refractivity contribution in [2.24, 2.45) is 5.92 Å². The Morgan fingerprint density at radius 1 is 1.57 bits per heavy atom. The first-order valence-corrected chi connectivity index (χ1v) is 4.73. The van der Waals surface area contributed by atoms with Gasteiger partial charge in [-0.15, -0.1) is 0 Å². The second kappa shape index (κ2) is 6.56. The first-order valence-electron chi connectivity index (χ1n) is 4.73. The van der Waals surface area contributed by atoms with Crippen molar-refractivity contribution in [1.82, 2.24) is 5.32 Å². The van der Waals surface area contributed by atoms with Gasteiger partial charge >= 0.3 is 5.97 Å². The van der Waals surface area contributed by atoms with Crippen LogP contribution in [-0.4, -0.2) is 35.4 Å². The summed E-state index contributed by atoms with van der Waals surface area (Å²) >= 11 is 0. The molecule has 0 aromatic rings. The summed E-state index contributed by atoms with van der Waals surface area (Å²) in [6.07, 6.45) is 3.62. The number of aliphatic carboxylic acids is 1. The summed E-state index contributed by atoms with van der Waals surface area (Å²) in [5.41, 5.74) is 0. The van der Waals surface area contributed by atoms with Gasteiger partial charge < -0.3 is 15.5 Å². The Morgan fingerprint density at radius 2 is 2.14 bits per heavy atom. The van der Waals surface area contributed by atoms with Gasteiger partial charge in [0.1, 0.15) is 6.04 Å². The molecular formula is C10H19NO3. The summed E-state index contributed by atoms with van der Waals surface area (Å²) < 4.78 is 0. The van der Waals surface area contributed by atoms with Gasteiger partial charge in [0.25, 0.3) is 0 Å². The lowest BCUT2D eigenvalue weighted by Crippen LogP contribution is -2.47. The van der Waals surface area contributed by atoms with Crippen LogP contribution in [0.1, 0.15) is 20.3 Å². The van der Waals surface area contributed by atoms with Gasteiger partial charge in [-0.2, -0.15) is 0 Å². The highest BCUT2D eigenvalue weighted by Gasteiger charge is 2.28. The van der Waals surface area contributed by atoms with E-state index in [1.807, 2.05) is 26.0 Å². The van der Waals surface area contributed by atoms with E-state index >= 15 is 0 Å². The minimum absolute atomic E-state index is 0.0697. The molecule has 0 spiro atoms. The number of likely N-dealkylation sites (N-methyl/N-ethyl adjacent to an activating group) is 1. The third-order valence-electron chi connectivity index (χ3n) is 2.25. The van der Waals surface area contributed by atoms with E-state index in [1.165, 1.54) is 7.05 Å². The van der Waals surface area contributed by atoms with Crippen LogP contribution in [0.3, 0.4) is 0 Å². The fourth-order valence-corrected chi connectivity index (χ4v) is 1.26. The summed E-state index contributed by atoms with van der Waals surface area (Å²) in [6.45, 7) is 3.73. The van der Waals surface area contributed by atoms with E-state index in [4.69, 9.17) is 5.11 Å². The third kappa shape index (κ3) is 3.89. The van der Waals surface area contributed by atoms with Crippen LogP contribution < -0.4 is 5.32 Å². The summed E-state index contributed by atoms with van der Waals surface area (Å²) in [5, 5.41) is 21.1. The molecule has 0 saturated heterocycles. The van der Waals surface area contributed by atoms with E-state index < -0.39 is 18.1 Å². The van der Waals surface area contributed by atoms with Crippen molar-refractivity contribution < 1.29 is 15.0 Å². The highest BCUT2D eigenvalue weighted by molar-refractivity contribution is 5.74. The van der Waals surface area contributed by atoms with Gasteiger partial charge in [-0.25, -0.2) is 0 Å². The lowest BCUT2D eigenvalue weighted by Gasteiger charge is -2.23. The van der Waals surface area contributed by atoms with Crippen LogP contribution in [0.15, 0.2) is 12.2 Å². The standard InChI is InChI=1S/C10H19NO3/c1-4-5-6-7(2)9(12)8(11-3)10(13)14/h4-5,7-9,11-12H,6H2,1-3H3,(H,13,14)/b5-4+/t7-,8+,9+/m1/s1. The predicted octanol–water partition coefficient (Wildman–Crippen LogP) is 0.622. The van der Waals surface area contributed by atoms with Crippen LogP contribution in [0, 0.1) is 5.92 Å². The van der Waals surface area contributed by atoms with Crippen LogP contribution in [0.2, 0.25) is 0 Å². The van der Waals surface area contributed by atoms with Crippen molar-refractivity contribution in [3.63, 3.8) is 0 Å². The van der Waals surface area contributed by atoms with Crippen molar-refractivity contribution >= 4 is 5.97 Å². The largest absolute Gasteiger partial charge is 0.480 e. The van der Waals surface area contributed by atoms with E-state index in [0.717, 1.165) is 0 Å². The Balaban J connectivity index is 4.26. The summed E-state index contributed by atoms with van der Waals surface area (Å²) in [7, 11) is 1.53. The minimum Gasteiger partial charge on any atom is -0.480 e. The van der Waals surface area contributed by atoms with Crippen LogP contribution in [0.4, 0.5) is 0 Å². The predicted molar refractivity (Wildman–Crippen MR) is 55.1 cm³/mol. The molecule has 3 atom stereocenters. The number of hydrogen-bond acceptors (Lipinski definition) is 3. The van der Waals surface area contributed by atoms with E-state index in [0.29, 0.717) is 6.42 Å². The van der Waals surface area contributed by atoms with E-state index in [-0.39, 0.29) is 5.92 Å². The molecule has 0 bridgehead atoms. The number of carboxylic acids is 1. The number of rotatable bonds is 6. The molecule has 4 heteroatoms. The molecule has 0 aromatic heterocycles. The number of allylic oxidation sites excluding steroid dienone is 2. The summed E-state index contributed by atoms with van der Waals surface area (Å²) in [4.78, 5) is 10.7. The molecule has 0 aliphatic heterocycles. The van der Waals surface area contributed by atoms with Gasteiger partial charge in [0.15, 0.2) is 0 Å².